The lowest BCUT2D eigenvalue weighted by Crippen LogP contribution is -2.45. The maximum atomic E-state index is 12.4. The van der Waals surface area contributed by atoms with Crippen LogP contribution in [0.25, 0.3) is 0 Å². The molecule has 1 amide bonds. The Labute approximate surface area is 373 Å². The molecule has 2 unspecified atom stereocenters. The van der Waals surface area contributed by atoms with E-state index >= 15 is 0 Å². The summed E-state index contributed by atoms with van der Waals surface area (Å²) in [5, 5.41) is 22.9. The lowest BCUT2D eigenvalue weighted by molar-refractivity contribution is -0.123. The van der Waals surface area contributed by atoms with E-state index in [2.05, 4.69) is 104 Å². The summed E-state index contributed by atoms with van der Waals surface area (Å²) in [4.78, 5) is 12.4. The van der Waals surface area contributed by atoms with Gasteiger partial charge in [-0.15, -0.1) is 0 Å². The molecule has 0 saturated heterocycles. The van der Waals surface area contributed by atoms with Crippen molar-refractivity contribution in [3.8, 4) is 0 Å². The summed E-state index contributed by atoms with van der Waals surface area (Å²) in [5.74, 6) is -0.0686. The first-order valence-electron chi connectivity index (χ1n) is 25.5. The molecule has 2 atom stereocenters. The van der Waals surface area contributed by atoms with E-state index < -0.39 is 12.1 Å². The summed E-state index contributed by atoms with van der Waals surface area (Å²) >= 11 is 0. The second-order valence-corrected chi connectivity index (χ2v) is 16.9. The predicted molar refractivity (Wildman–Crippen MR) is 266 cm³/mol. The van der Waals surface area contributed by atoms with E-state index in [9.17, 15) is 15.0 Å². The lowest BCUT2D eigenvalue weighted by atomic mass is 10.0. The molecule has 0 aromatic carbocycles. The first-order valence-corrected chi connectivity index (χ1v) is 25.5. The Morgan fingerprint density at radius 3 is 1.10 bits per heavy atom. The first-order chi connectivity index (χ1) is 29.7. The van der Waals surface area contributed by atoms with Crippen molar-refractivity contribution in [2.75, 3.05) is 6.61 Å². The van der Waals surface area contributed by atoms with Gasteiger partial charge in [0.05, 0.1) is 18.8 Å². The molecule has 0 spiro atoms. The third-order valence-electron chi connectivity index (χ3n) is 11.1. The molecule has 344 valence electrons. The van der Waals surface area contributed by atoms with Gasteiger partial charge < -0.3 is 15.5 Å². The van der Waals surface area contributed by atoms with E-state index in [1.807, 2.05) is 6.08 Å². The van der Waals surface area contributed by atoms with Crippen molar-refractivity contribution in [3.05, 3.63) is 97.2 Å². The normalized spacial score (nSPS) is 13.7. The number of carbonyl (C=O) groups is 1. The summed E-state index contributed by atoms with van der Waals surface area (Å²) in [5.41, 5.74) is 0. The zero-order valence-electron chi connectivity index (χ0n) is 39.4. The maximum absolute atomic E-state index is 12.4. The largest absolute Gasteiger partial charge is 0.394 e. The number of nitrogens with one attached hydrogen (secondary N) is 1. The third-order valence-corrected chi connectivity index (χ3v) is 11.1. The van der Waals surface area contributed by atoms with Gasteiger partial charge in [0.15, 0.2) is 0 Å². The number of allylic oxidation sites excluding steroid dienone is 15. The Morgan fingerprint density at radius 2 is 0.733 bits per heavy atom. The van der Waals surface area contributed by atoms with Gasteiger partial charge in [0.25, 0.3) is 0 Å². The average molecular weight is 832 g/mol. The quantitative estimate of drug-likeness (QED) is 0.0423. The third kappa shape index (κ3) is 46.4. The minimum Gasteiger partial charge on any atom is -0.394 e. The van der Waals surface area contributed by atoms with E-state index in [1.165, 1.54) is 141 Å². The van der Waals surface area contributed by atoms with Crippen molar-refractivity contribution in [1.29, 1.82) is 0 Å². The van der Waals surface area contributed by atoms with Crippen LogP contribution in [0.4, 0.5) is 0 Å². The van der Waals surface area contributed by atoms with Crippen molar-refractivity contribution >= 4 is 5.91 Å². The highest BCUT2D eigenvalue weighted by molar-refractivity contribution is 5.76. The Hall–Kier alpha value is -2.69. The molecular formula is C56H97NO3. The molecule has 4 heteroatoms. The van der Waals surface area contributed by atoms with Crippen LogP contribution in [-0.4, -0.2) is 34.9 Å². The standard InChI is InChI=1S/C56H97NO3/c1-3-5-7-9-11-13-14-15-16-17-18-19-20-21-22-23-24-25-26-27-28-29-30-31-32-33-34-35-36-37-38-39-40-41-42-44-46-48-50-52-56(60)57-54(53-58)55(59)51-49-47-45-43-12-10-8-6-4-2/h5,7,11,13,15-16,18-19,21-22,24-25,27-28,49,51,54-55,58-59H,3-4,6,8-10,12,14,17,20,23,26,29-48,50,52-53H2,1-2H3,(H,57,60)/b7-5-,13-11-,16-15-,19-18-,22-21-,25-24-,28-27-,51-49+. The Bertz CT molecular complexity index is 1130. The van der Waals surface area contributed by atoms with Crippen molar-refractivity contribution in [3.63, 3.8) is 0 Å². The molecule has 0 aliphatic heterocycles. The number of amides is 1. The summed E-state index contributed by atoms with van der Waals surface area (Å²) in [7, 11) is 0. The molecule has 60 heavy (non-hydrogen) atoms. The second kappa shape index (κ2) is 50.7. The Kier molecular flexibility index (Phi) is 48.4. The zero-order chi connectivity index (χ0) is 43.5. The lowest BCUT2D eigenvalue weighted by Gasteiger charge is -2.20. The molecule has 0 aromatic heterocycles. The summed E-state index contributed by atoms with van der Waals surface area (Å²) in [6, 6.07) is -0.623. The number of unbranched alkanes of at least 4 members (excludes halogenated alkanes) is 24. The van der Waals surface area contributed by atoms with Crippen molar-refractivity contribution < 1.29 is 15.0 Å². The van der Waals surface area contributed by atoms with Crippen LogP contribution in [0.5, 0.6) is 0 Å². The maximum Gasteiger partial charge on any atom is 0.220 e. The number of rotatable bonds is 45. The van der Waals surface area contributed by atoms with Crippen LogP contribution < -0.4 is 5.32 Å². The monoisotopic (exact) mass is 832 g/mol. The highest BCUT2D eigenvalue weighted by Crippen LogP contribution is 2.15. The fraction of sp³-hybridized carbons (Fsp3) is 0.696. The topological polar surface area (TPSA) is 69.6 Å². The van der Waals surface area contributed by atoms with Crippen LogP contribution in [0.3, 0.4) is 0 Å². The molecular weight excluding hydrogens is 735 g/mol. The highest BCUT2D eigenvalue weighted by Gasteiger charge is 2.17. The van der Waals surface area contributed by atoms with Crippen molar-refractivity contribution in [2.24, 2.45) is 0 Å². The Morgan fingerprint density at radius 1 is 0.417 bits per heavy atom. The van der Waals surface area contributed by atoms with Gasteiger partial charge in [0, 0.05) is 6.42 Å². The molecule has 0 heterocycles. The van der Waals surface area contributed by atoms with Gasteiger partial charge in [0.2, 0.25) is 5.91 Å². The van der Waals surface area contributed by atoms with Crippen molar-refractivity contribution in [1.82, 2.24) is 5.32 Å². The van der Waals surface area contributed by atoms with E-state index in [-0.39, 0.29) is 12.5 Å². The van der Waals surface area contributed by atoms with E-state index in [0.29, 0.717) is 6.42 Å². The van der Waals surface area contributed by atoms with Gasteiger partial charge in [-0.05, 0) is 77.0 Å². The van der Waals surface area contributed by atoms with Gasteiger partial charge in [-0.3, -0.25) is 4.79 Å². The summed E-state index contributed by atoms with van der Waals surface area (Å²) < 4.78 is 0. The van der Waals surface area contributed by atoms with Crippen LogP contribution in [0.1, 0.15) is 232 Å². The number of carbonyl (C=O) groups excluding carboxylic acids is 1. The zero-order valence-corrected chi connectivity index (χ0v) is 39.4. The molecule has 0 aliphatic rings. The molecule has 0 bridgehead atoms. The molecule has 0 fully saturated rings. The minimum atomic E-state index is -0.839. The van der Waals surface area contributed by atoms with Gasteiger partial charge in [0.1, 0.15) is 0 Å². The fourth-order valence-electron chi connectivity index (χ4n) is 7.22. The highest BCUT2D eigenvalue weighted by atomic mass is 16.3. The van der Waals surface area contributed by atoms with Crippen LogP contribution >= 0.6 is 0 Å². The van der Waals surface area contributed by atoms with Crippen LogP contribution in [0.15, 0.2) is 97.2 Å². The molecule has 3 N–H and O–H groups in total. The molecule has 0 rings (SSSR count). The molecule has 0 saturated carbocycles. The Balaban J connectivity index is 3.48. The predicted octanol–water partition coefficient (Wildman–Crippen LogP) is 16.6. The molecule has 0 aromatic rings. The molecule has 0 radical (unpaired) electrons. The smallest absolute Gasteiger partial charge is 0.220 e. The first kappa shape index (κ1) is 57.3. The van der Waals surface area contributed by atoms with Gasteiger partial charge >= 0.3 is 0 Å². The van der Waals surface area contributed by atoms with Crippen LogP contribution in [0.2, 0.25) is 0 Å². The van der Waals surface area contributed by atoms with Gasteiger partial charge in [-0.25, -0.2) is 0 Å². The fourth-order valence-corrected chi connectivity index (χ4v) is 7.22. The van der Waals surface area contributed by atoms with E-state index in [0.717, 1.165) is 70.6 Å². The van der Waals surface area contributed by atoms with Gasteiger partial charge in [-0.1, -0.05) is 246 Å². The number of aliphatic hydroxyl groups is 2. The molecule has 4 nitrogen and oxygen atoms in total. The van der Waals surface area contributed by atoms with E-state index in [4.69, 9.17) is 0 Å². The number of aliphatic hydroxyl groups excluding tert-OH is 2. The summed E-state index contributed by atoms with van der Waals surface area (Å²) in [6.07, 6.45) is 75.6. The molecule has 0 aliphatic carbocycles. The van der Waals surface area contributed by atoms with E-state index in [1.54, 1.807) is 6.08 Å². The van der Waals surface area contributed by atoms with Crippen LogP contribution in [0, 0.1) is 0 Å². The number of hydrogen-bond donors (Lipinski definition) is 3. The SMILES string of the molecule is CC/C=C\C/C=C\C/C=C\C/C=C\C/C=C\C/C=C\C/C=C\CCCCCCCCCCCCCCCCCCCC(=O)NC(CO)C(O)/C=C/CCCCCCCCC. The number of hydrogen-bond acceptors (Lipinski definition) is 3. The van der Waals surface area contributed by atoms with Crippen molar-refractivity contribution in [2.45, 2.75) is 244 Å². The van der Waals surface area contributed by atoms with Crippen LogP contribution in [-0.2, 0) is 4.79 Å². The minimum absolute atomic E-state index is 0.0686. The van der Waals surface area contributed by atoms with Gasteiger partial charge in [-0.2, -0.15) is 0 Å². The average Bonchev–Trinajstić information content (AvgIpc) is 3.25. The second-order valence-electron chi connectivity index (χ2n) is 16.9. The summed E-state index contributed by atoms with van der Waals surface area (Å²) in [6.45, 7) is 4.16.